The van der Waals surface area contributed by atoms with Gasteiger partial charge in [-0.2, -0.15) is 0 Å². The number of anilines is 1. The largest absolute Gasteiger partial charge is 0.452 e. The smallest absolute Gasteiger partial charge is 0.340 e. The van der Waals surface area contributed by atoms with E-state index in [9.17, 15) is 18.8 Å². The molecule has 4 rings (SSSR count). The van der Waals surface area contributed by atoms with Crippen LogP contribution in [0, 0.1) is 19.7 Å². The fraction of sp³-hybridized carbons (Fsp3) is 0.296. The Hall–Kier alpha value is -3.94. The van der Waals surface area contributed by atoms with Gasteiger partial charge in [0.05, 0.1) is 11.3 Å². The number of aryl methyl sites for hydroxylation is 1. The van der Waals surface area contributed by atoms with E-state index in [1.54, 1.807) is 23.1 Å². The Morgan fingerprint density at radius 1 is 0.943 bits per heavy atom. The number of nitrogens with zero attached hydrogens (tertiary/aromatic N) is 3. The Balaban J connectivity index is 1.33. The predicted octanol–water partition coefficient (Wildman–Crippen LogP) is 3.94. The van der Waals surface area contributed by atoms with Crippen molar-refractivity contribution >= 4 is 23.3 Å². The van der Waals surface area contributed by atoms with Gasteiger partial charge in [0.2, 0.25) is 0 Å². The average Bonchev–Trinajstić information content (AvgIpc) is 3.16. The lowest BCUT2D eigenvalue weighted by molar-refractivity contribution is -0.134. The van der Waals surface area contributed by atoms with E-state index in [2.05, 4.69) is 0 Å². The van der Waals surface area contributed by atoms with E-state index in [1.807, 2.05) is 53.6 Å². The first kappa shape index (κ1) is 24.2. The van der Waals surface area contributed by atoms with Gasteiger partial charge in [0.25, 0.3) is 5.91 Å². The molecule has 35 heavy (non-hydrogen) atoms. The Labute approximate surface area is 203 Å². The van der Waals surface area contributed by atoms with Crippen LogP contribution in [0.2, 0.25) is 0 Å². The number of para-hydroxylation sites is 1. The van der Waals surface area contributed by atoms with Crippen LogP contribution in [-0.4, -0.2) is 59.9 Å². The quantitative estimate of drug-likeness (QED) is 0.397. The van der Waals surface area contributed by atoms with Gasteiger partial charge in [-0.05, 0) is 57.2 Å². The molecule has 0 N–H and O–H groups in total. The Bertz CT molecular complexity index is 1260. The molecule has 0 radical (unpaired) electrons. The van der Waals surface area contributed by atoms with Crippen molar-refractivity contribution in [3.8, 4) is 5.69 Å². The van der Waals surface area contributed by atoms with Gasteiger partial charge < -0.3 is 19.1 Å². The molecule has 1 aliphatic heterocycles. The predicted molar refractivity (Wildman–Crippen MR) is 131 cm³/mol. The topological polar surface area (TPSA) is 71.9 Å². The Kier molecular flexibility index (Phi) is 7.00. The van der Waals surface area contributed by atoms with Crippen LogP contribution in [0.25, 0.3) is 5.69 Å². The number of ether oxygens (including phenoxy) is 1. The highest BCUT2D eigenvalue weighted by molar-refractivity contribution is 5.94. The highest BCUT2D eigenvalue weighted by atomic mass is 19.1. The zero-order valence-electron chi connectivity index (χ0n) is 20.1. The number of esters is 1. The number of rotatable bonds is 6. The van der Waals surface area contributed by atoms with Crippen LogP contribution in [0.15, 0.2) is 54.6 Å². The zero-order chi connectivity index (χ0) is 25.1. The molecule has 1 aromatic heterocycles. The normalized spacial score (nSPS) is 13.6. The van der Waals surface area contributed by atoms with Crippen LogP contribution in [-0.2, 0) is 9.53 Å². The molecule has 2 heterocycles. The van der Waals surface area contributed by atoms with Crippen molar-refractivity contribution in [2.24, 2.45) is 0 Å². The van der Waals surface area contributed by atoms with Crippen LogP contribution in [0.1, 0.15) is 39.0 Å². The molecule has 8 heteroatoms. The first-order chi connectivity index (χ1) is 16.8. The highest BCUT2D eigenvalue weighted by Gasteiger charge is 2.25. The van der Waals surface area contributed by atoms with E-state index in [0.717, 1.165) is 17.1 Å². The minimum Gasteiger partial charge on any atom is -0.452 e. The third-order valence-corrected chi connectivity index (χ3v) is 6.32. The van der Waals surface area contributed by atoms with Crippen molar-refractivity contribution < 1.29 is 23.5 Å². The summed E-state index contributed by atoms with van der Waals surface area (Å²) in [7, 11) is 0. The fourth-order valence-corrected chi connectivity index (χ4v) is 4.42. The summed E-state index contributed by atoms with van der Waals surface area (Å²) in [6.07, 6.45) is 0. The number of benzene rings is 2. The minimum absolute atomic E-state index is 0.192. The summed E-state index contributed by atoms with van der Waals surface area (Å²) in [5.74, 6) is -1.48. The lowest BCUT2D eigenvalue weighted by Crippen LogP contribution is -2.50. The number of halogens is 1. The van der Waals surface area contributed by atoms with Crippen molar-refractivity contribution in [1.29, 1.82) is 0 Å². The number of ketones is 1. The Morgan fingerprint density at radius 2 is 1.63 bits per heavy atom. The van der Waals surface area contributed by atoms with E-state index >= 15 is 0 Å². The van der Waals surface area contributed by atoms with Crippen molar-refractivity contribution in [2.75, 3.05) is 37.7 Å². The number of carbonyl (C=O) groups excluding carboxylic acids is 3. The summed E-state index contributed by atoms with van der Waals surface area (Å²) in [6.45, 7) is 6.45. The number of aromatic nitrogens is 1. The SMILES string of the molecule is CC(=O)c1ccc(N2CCN(C(=O)COC(=O)c3cc(C)n(-c4ccccc4)c3C)CC2)c(F)c1. The number of carbonyl (C=O) groups is 3. The first-order valence-corrected chi connectivity index (χ1v) is 11.5. The van der Waals surface area contributed by atoms with Crippen molar-refractivity contribution in [2.45, 2.75) is 20.8 Å². The van der Waals surface area contributed by atoms with Crippen LogP contribution < -0.4 is 4.90 Å². The molecular formula is C27H28FN3O4. The molecule has 0 atom stereocenters. The van der Waals surface area contributed by atoms with Gasteiger partial charge in [-0.25, -0.2) is 9.18 Å². The van der Waals surface area contributed by atoms with E-state index in [1.165, 1.54) is 13.0 Å². The molecule has 182 valence electrons. The maximum atomic E-state index is 14.5. The van der Waals surface area contributed by atoms with Crippen LogP contribution in [0.5, 0.6) is 0 Å². The molecule has 0 unspecified atom stereocenters. The van der Waals surface area contributed by atoms with Gasteiger partial charge in [-0.3, -0.25) is 9.59 Å². The second kappa shape index (κ2) is 10.1. The number of hydrogen-bond acceptors (Lipinski definition) is 5. The molecule has 3 aromatic rings. The molecule has 2 aromatic carbocycles. The number of amides is 1. The molecule has 7 nitrogen and oxygen atoms in total. The van der Waals surface area contributed by atoms with Gasteiger partial charge in [0, 0.05) is 48.8 Å². The standard InChI is InChI=1S/C27H28FN3O4/c1-18-15-23(19(2)31(18)22-7-5-4-6-8-22)27(34)35-17-26(33)30-13-11-29(12-14-30)25-10-9-21(20(3)32)16-24(25)28/h4-10,15-16H,11-14,17H2,1-3H3. The third kappa shape index (κ3) is 5.11. The third-order valence-electron chi connectivity index (χ3n) is 6.32. The van der Waals surface area contributed by atoms with E-state index in [-0.39, 0.29) is 18.3 Å². The van der Waals surface area contributed by atoms with Crippen molar-refractivity contribution in [3.05, 3.63) is 82.9 Å². The van der Waals surface area contributed by atoms with E-state index in [0.29, 0.717) is 43.0 Å². The lowest BCUT2D eigenvalue weighted by atomic mass is 10.1. The van der Waals surface area contributed by atoms with Crippen molar-refractivity contribution in [1.82, 2.24) is 9.47 Å². The van der Waals surface area contributed by atoms with Gasteiger partial charge >= 0.3 is 5.97 Å². The molecule has 1 aliphatic rings. The minimum atomic E-state index is -0.542. The average molecular weight is 478 g/mol. The molecule has 0 aliphatic carbocycles. The van der Waals surface area contributed by atoms with Gasteiger partial charge in [0.15, 0.2) is 12.4 Å². The summed E-state index contributed by atoms with van der Waals surface area (Å²) >= 11 is 0. The maximum Gasteiger partial charge on any atom is 0.340 e. The zero-order valence-corrected chi connectivity index (χ0v) is 20.1. The second-order valence-corrected chi connectivity index (χ2v) is 8.62. The van der Waals surface area contributed by atoms with Crippen LogP contribution >= 0.6 is 0 Å². The summed E-state index contributed by atoms with van der Waals surface area (Å²) in [6, 6.07) is 15.9. The molecule has 1 amide bonds. The summed E-state index contributed by atoms with van der Waals surface area (Å²) in [5.41, 5.74) is 3.74. The number of piperazine rings is 1. The van der Waals surface area contributed by atoms with Crippen LogP contribution in [0.3, 0.4) is 0 Å². The highest BCUT2D eigenvalue weighted by Crippen LogP contribution is 2.23. The molecule has 1 saturated heterocycles. The first-order valence-electron chi connectivity index (χ1n) is 11.5. The summed E-state index contributed by atoms with van der Waals surface area (Å²) < 4.78 is 21.8. The molecule has 1 fully saturated rings. The monoisotopic (exact) mass is 477 g/mol. The second-order valence-electron chi connectivity index (χ2n) is 8.62. The van der Waals surface area contributed by atoms with Crippen LogP contribution in [0.4, 0.5) is 10.1 Å². The maximum absolute atomic E-state index is 14.5. The van der Waals surface area contributed by atoms with Gasteiger partial charge in [-0.15, -0.1) is 0 Å². The van der Waals surface area contributed by atoms with E-state index in [4.69, 9.17) is 4.74 Å². The lowest BCUT2D eigenvalue weighted by Gasteiger charge is -2.36. The Morgan fingerprint density at radius 3 is 2.26 bits per heavy atom. The summed E-state index contributed by atoms with van der Waals surface area (Å²) in [4.78, 5) is 40.3. The molecule has 0 bridgehead atoms. The van der Waals surface area contributed by atoms with E-state index < -0.39 is 11.8 Å². The molecule has 0 spiro atoms. The number of hydrogen-bond donors (Lipinski definition) is 0. The van der Waals surface area contributed by atoms with Gasteiger partial charge in [0.1, 0.15) is 5.82 Å². The fourth-order valence-electron chi connectivity index (χ4n) is 4.42. The van der Waals surface area contributed by atoms with Crippen molar-refractivity contribution in [3.63, 3.8) is 0 Å². The summed E-state index contributed by atoms with van der Waals surface area (Å²) in [5, 5.41) is 0. The van der Waals surface area contributed by atoms with Gasteiger partial charge in [-0.1, -0.05) is 18.2 Å². The molecule has 0 saturated carbocycles. The number of Topliss-reactive ketones (excluding diaryl/α,β-unsaturated/α-hetero) is 1. The molecular weight excluding hydrogens is 449 g/mol.